The van der Waals surface area contributed by atoms with Crippen molar-refractivity contribution in [3.63, 3.8) is 0 Å². The molecule has 722 valence electrons. The number of nitrogens with zero attached hydrogens (tertiary/aromatic N) is 22. The molecule has 146 heavy (non-hydrogen) atoms. The van der Waals surface area contributed by atoms with Gasteiger partial charge in [-0.05, 0) is 195 Å². The van der Waals surface area contributed by atoms with Crippen molar-refractivity contribution in [3.8, 4) is 55.9 Å². The molecule has 5 aliphatic carbocycles. The van der Waals surface area contributed by atoms with Crippen molar-refractivity contribution in [2.45, 2.75) is 77.7 Å². The number of thiazole rings is 1. The second-order valence-corrected chi connectivity index (χ2v) is 35.3. The molecule has 39 heteroatoms. The van der Waals surface area contributed by atoms with Crippen LogP contribution in [0, 0.1) is 0 Å². The molecule has 0 fully saturated rings. The second-order valence-electron chi connectivity index (χ2n) is 34.4. The van der Waals surface area contributed by atoms with Crippen molar-refractivity contribution >= 4 is 144 Å². The Labute approximate surface area is 834 Å². The van der Waals surface area contributed by atoms with Gasteiger partial charge >= 0.3 is 11.9 Å². The molecule has 0 spiro atoms. The zero-order valence-electron chi connectivity index (χ0n) is 78.1. The minimum absolute atomic E-state index is 0.0554. The number of pyridine rings is 1. The molecule has 12 N–H and O–H groups in total. The molecular formula is C107H88N28O10S. The van der Waals surface area contributed by atoms with Gasteiger partial charge in [-0.15, -0.1) is 11.3 Å². The van der Waals surface area contributed by atoms with Gasteiger partial charge in [0.2, 0.25) is 5.91 Å². The van der Waals surface area contributed by atoms with E-state index in [4.69, 9.17) is 45.6 Å². The van der Waals surface area contributed by atoms with E-state index in [1.807, 2.05) is 180 Å². The molecule has 0 aliphatic heterocycles. The fourth-order valence-corrected chi connectivity index (χ4v) is 19.1. The summed E-state index contributed by atoms with van der Waals surface area (Å²) in [5, 5.41) is 94.9. The molecular weight excluding hydrogens is 1870 g/mol. The SMILES string of the molecule is CC(=O)NCc1ccc(-c2nc3cnccn3c2Nc2ccc3c(c2)CC/C3=N\O)cc1.COC(=O)c1ccc(-c2nc3cnccn3c2Nc2ccc3c(c2)CC/C3=N\O)cc1.O/N=C1\CCc2cc(Nc3c(-c4ccccn4)nc4cnccn34)ccc21.O/N=C1\CCc2cc(Nc3c(-c4nccs4)nc4cnccn34)ccc21.O=C(O)c1ccc(-c2nc3cnccn3c2Nc2ccc3c(c2)CC/C3=N\O)cc1. The van der Waals surface area contributed by atoms with Gasteiger partial charge in [0.05, 0.1) is 83.5 Å². The van der Waals surface area contributed by atoms with Crippen molar-refractivity contribution in [1.29, 1.82) is 0 Å². The molecule has 0 radical (unpaired) electrons. The van der Waals surface area contributed by atoms with Crippen LogP contribution in [0.3, 0.4) is 0 Å². The van der Waals surface area contributed by atoms with E-state index in [0.717, 1.165) is 256 Å². The third-order valence-electron chi connectivity index (χ3n) is 25.6. The van der Waals surface area contributed by atoms with Gasteiger partial charge in [-0.2, -0.15) is 0 Å². The number of benzene rings is 8. The fraction of sp³-hybridized carbons (Fsp3) is 0.121. The average Bonchev–Trinajstić information content (AvgIpc) is 1.64. The molecule has 12 aromatic heterocycles. The number of hydrogen-bond acceptors (Lipinski definition) is 32. The maximum absolute atomic E-state index is 11.8. The first kappa shape index (κ1) is 92.7. The summed E-state index contributed by atoms with van der Waals surface area (Å²) in [6.45, 7) is 2.00. The number of ether oxygens (including phenoxy) is 1. The zero-order chi connectivity index (χ0) is 99.8. The molecule has 8 aromatic carbocycles. The lowest BCUT2D eigenvalue weighted by atomic mass is 10.1. The molecule has 0 unspecified atom stereocenters. The number of anilines is 10. The number of aromatic carboxylic acids is 1. The van der Waals surface area contributed by atoms with Crippen LogP contribution in [0.4, 0.5) is 57.5 Å². The summed E-state index contributed by atoms with van der Waals surface area (Å²) in [4.78, 5) is 87.4. The summed E-state index contributed by atoms with van der Waals surface area (Å²) in [5.74, 6) is 2.66. The summed E-state index contributed by atoms with van der Waals surface area (Å²) in [5.41, 5.74) is 31.5. The van der Waals surface area contributed by atoms with Crippen molar-refractivity contribution < 1.29 is 50.3 Å². The Bertz CT molecular complexity index is 8570. The molecule has 0 saturated carbocycles. The van der Waals surface area contributed by atoms with Gasteiger partial charge in [-0.3, -0.25) is 56.7 Å². The Morgan fingerprint density at radius 3 is 0.973 bits per heavy atom. The average molecular weight is 1960 g/mol. The Morgan fingerprint density at radius 2 is 0.671 bits per heavy atom. The fourth-order valence-electron chi connectivity index (χ4n) is 18.5. The topological polar surface area (TPSA) is 493 Å². The number of methoxy groups -OCH3 is 1. The predicted octanol–water partition coefficient (Wildman–Crippen LogP) is 19.3. The monoisotopic (exact) mass is 1960 g/mol. The number of carbonyl (C=O) groups excluding carboxylic acids is 2. The van der Waals surface area contributed by atoms with Crippen LogP contribution in [0.5, 0.6) is 0 Å². The predicted molar refractivity (Wildman–Crippen MR) is 553 cm³/mol. The molecule has 38 nitrogen and oxygen atoms in total. The van der Waals surface area contributed by atoms with E-state index >= 15 is 0 Å². The minimum atomic E-state index is -0.969. The van der Waals surface area contributed by atoms with Crippen LogP contribution >= 0.6 is 11.3 Å². The van der Waals surface area contributed by atoms with Crippen molar-refractivity contribution in [2.75, 3.05) is 33.7 Å². The van der Waals surface area contributed by atoms with Crippen LogP contribution in [0.2, 0.25) is 0 Å². The Morgan fingerprint density at radius 1 is 0.356 bits per heavy atom. The second kappa shape index (κ2) is 41.1. The summed E-state index contributed by atoms with van der Waals surface area (Å²) >= 11 is 1.55. The highest BCUT2D eigenvalue weighted by atomic mass is 32.1. The highest BCUT2D eigenvalue weighted by molar-refractivity contribution is 7.13. The molecule has 5 aliphatic rings. The number of aryl methyl sites for hydroxylation is 5. The van der Waals surface area contributed by atoms with Crippen LogP contribution in [-0.2, 0) is 48.2 Å². The summed E-state index contributed by atoms with van der Waals surface area (Å²) in [6, 6.07) is 57.6. The number of carbonyl (C=O) groups is 3. The Hall–Kier alpha value is -19.6. The number of hydrogen-bond donors (Lipinski definition) is 12. The van der Waals surface area contributed by atoms with Gasteiger partial charge in [0.25, 0.3) is 0 Å². The van der Waals surface area contributed by atoms with E-state index in [2.05, 4.69) is 127 Å². The standard InChI is InChI=1S/C24H22N6O2.C23H19N5O3.C22H17N5O3.C20H16N6O.C18H14N6OS/c1-15(31)26-13-16-2-4-17(5-3-16)23-24(30-11-10-25-14-22(30)28-23)27-19-7-8-20-18(12-19)6-9-21(20)29-32;1-31-23(29)15-4-2-14(3-5-15)21-22(28-11-10-24-13-20(28)26-21)25-17-7-8-18-16(12-17)6-9-19(18)27-30;28-22(29)14-3-1-13(2-4-14)20-21(27-10-9-23-12-19(27)25-20)24-16-6-7-17-15(11-16)5-8-18(17)26-30;27-25-16-7-4-13-11-14(5-6-15(13)16)23-20-19(17-3-1-2-8-22-17)24-18-12-21-9-10-26(18)20;25-23-14-4-1-11-9-12(2-3-13(11)14)21-17-16(18-20-6-8-26-18)22-15-10-19-5-7-24(15)17/h2-5,7-8,10-12,14,27,32H,6,9,13H2,1H3,(H,26,31);2-5,7-8,10-13,25,30H,6,9H2,1H3;1-4,6-7,9-12,24,30H,5,8H2,(H,28,29);1-3,5-6,8-12,23,27H,4,7H2;2-3,5-10,21,25H,1,4H2/b29-21+;27-19+;26-18+;25-16+;23-14+. The first-order valence-corrected chi connectivity index (χ1v) is 47.3. The number of aromatic nitrogens is 17. The quantitative estimate of drug-likeness (QED) is 0.0203. The molecule has 0 atom stereocenters. The third kappa shape index (κ3) is 19.0. The highest BCUT2D eigenvalue weighted by Crippen LogP contribution is 2.41. The van der Waals surface area contributed by atoms with Gasteiger partial charge in [0.1, 0.15) is 62.6 Å². The van der Waals surface area contributed by atoms with Crippen LogP contribution in [0.15, 0.2) is 318 Å². The number of nitrogens with one attached hydrogen (secondary N) is 6. The lowest BCUT2D eigenvalue weighted by Crippen LogP contribution is -2.18. The Kier molecular flexibility index (Phi) is 26.1. The smallest absolute Gasteiger partial charge is 0.337 e. The van der Waals surface area contributed by atoms with Crippen LogP contribution in [0.25, 0.3) is 84.1 Å². The largest absolute Gasteiger partial charge is 0.478 e. The number of imidazole rings is 5. The first-order chi connectivity index (χ1) is 71.6. The first-order valence-electron chi connectivity index (χ1n) is 46.4. The minimum Gasteiger partial charge on any atom is -0.478 e. The highest BCUT2D eigenvalue weighted by Gasteiger charge is 2.29. The van der Waals surface area contributed by atoms with Crippen LogP contribution in [-0.4, -0.2) is 166 Å². The van der Waals surface area contributed by atoms with E-state index in [1.54, 1.807) is 122 Å². The molecule has 0 saturated heterocycles. The van der Waals surface area contributed by atoms with Crippen LogP contribution < -0.4 is 31.9 Å². The lowest BCUT2D eigenvalue weighted by Gasteiger charge is -2.11. The van der Waals surface area contributed by atoms with E-state index in [9.17, 15) is 19.6 Å². The number of carboxylic acids is 1. The van der Waals surface area contributed by atoms with E-state index in [1.165, 1.54) is 25.2 Å². The number of fused-ring (bicyclic) bond motifs is 10. The van der Waals surface area contributed by atoms with Gasteiger partial charge in [0.15, 0.2) is 28.2 Å². The summed E-state index contributed by atoms with van der Waals surface area (Å²) in [7, 11) is 1.36. The number of carboxylic acid groups (broad SMARTS) is 1. The number of amides is 1. The molecule has 12 heterocycles. The molecule has 0 bridgehead atoms. The Balaban J connectivity index is 0.000000107. The van der Waals surface area contributed by atoms with E-state index in [-0.39, 0.29) is 17.4 Å². The molecule has 1 amide bonds. The maximum Gasteiger partial charge on any atom is 0.337 e. The van der Waals surface area contributed by atoms with Gasteiger partial charge in [-0.25, -0.2) is 39.5 Å². The molecule has 20 aromatic rings. The third-order valence-corrected chi connectivity index (χ3v) is 26.4. The maximum atomic E-state index is 11.8. The number of rotatable bonds is 19. The summed E-state index contributed by atoms with van der Waals surface area (Å²) < 4.78 is 14.5. The van der Waals surface area contributed by atoms with Gasteiger partial charge in [-0.1, -0.05) is 111 Å². The van der Waals surface area contributed by atoms with E-state index in [0.29, 0.717) is 40.5 Å². The summed E-state index contributed by atoms with van der Waals surface area (Å²) in [6.07, 6.45) is 38.0. The van der Waals surface area contributed by atoms with Crippen molar-refractivity contribution in [1.82, 2.24) is 87.1 Å². The van der Waals surface area contributed by atoms with Gasteiger partial charge < -0.3 is 67.8 Å². The number of oxime groups is 5. The van der Waals surface area contributed by atoms with Crippen molar-refractivity contribution in [3.05, 3.63) is 365 Å². The zero-order valence-corrected chi connectivity index (χ0v) is 78.9. The number of esters is 1. The normalized spacial score (nSPS) is 14.3. The lowest BCUT2D eigenvalue weighted by molar-refractivity contribution is -0.119. The van der Waals surface area contributed by atoms with Crippen LogP contribution in [0.1, 0.15) is 121 Å². The van der Waals surface area contributed by atoms with E-state index < -0.39 is 5.97 Å². The van der Waals surface area contributed by atoms with Gasteiger partial charge in [0, 0.05) is 166 Å². The molecule has 25 rings (SSSR count). The van der Waals surface area contributed by atoms with Crippen molar-refractivity contribution in [2.24, 2.45) is 25.8 Å².